The van der Waals surface area contributed by atoms with Crippen LogP contribution in [-0.4, -0.2) is 27.7 Å². The Labute approximate surface area is 135 Å². The average Bonchev–Trinajstić information content (AvgIpc) is 2.52. The molecule has 2 aromatic carbocycles. The summed E-state index contributed by atoms with van der Waals surface area (Å²) in [7, 11) is -1.84. The van der Waals surface area contributed by atoms with Crippen molar-refractivity contribution >= 4 is 27.5 Å². The zero-order valence-electron chi connectivity index (χ0n) is 12.8. The van der Waals surface area contributed by atoms with E-state index in [2.05, 4.69) is 5.32 Å². The van der Waals surface area contributed by atoms with Crippen molar-refractivity contribution in [2.24, 2.45) is 0 Å². The van der Waals surface area contributed by atoms with Crippen LogP contribution in [0.25, 0.3) is 6.08 Å². The number of anilines is 1. The summed E-state index contributed by atoms with van der Waals surface area (Å²) in [6.07, 6.45) is 4.07. The summed E-state index contributed by atoms with van der Waals surface area (Å²) < 4.78 is 28.5. The van der Waals surface area contributed by atoms with Gasteiger partial charge in [0.05, 0.1) is 17.7 Å². The molecule has 0 bridgehead atoms. The van der Waals surface area contributed by atoms with Crippen molar-refractivity contribution in [2.75, 3.05) is 18.7 Å². The van der Waals surface area contributed by atoms with Crippen molar-refractivity contribution in [3.63, 3.8) is 0 Å². The van der Waals surface area contributed by atoms with Gasteiger partial charge in [-0.3, -0.25) is 4.79 Å². The van der Waals surface area contributed by atoms with E-state index in [9.17, 15) is 13.2 Å². The van der Waals surface area contributed by atoms with Crippen LogP contribution in [0, 0.1) is 0 Å². The van der Waals surface area contributed by atoms with Crippen LogP contribution >= 0.6 is 0 Å². The van der Waals surface area contributed by atoms with E-state index in [0.717, 1.165) is 11.8 Å². The van der Waals surface area contributed by atoms with Crippen molar-refractivity contribution in [3.8, 4) is 5.75 Å². The Bertz CT molecular complexity index is 841. The fraction of sp³-hybridized carbons (Fsp3) is 0.118. The maximum atomic E-state index is 12.0. The van der Waals surface area contributed by atoms with E-state index in [1.54, 1.807) is 43.5 Å². The molecule has 0 saturated carbocycles. The quantitative estimate of drug-likeness (QED) is 0.855. The van der Waals surface area contributed by atoms with Gasteiger partial charge in [-0.1, -0.05) is 24.3 Å². The first-order valence-corrected chi connectivity index (χ1v) is 8.71. The molecular weight excluding hydrogens is 314 g/mol. The Hall–Kier alpha value is -2.60. The maximum Gasteiger partial charge on any atom is 0.248 e. The third-order valence-corrected chi connectivity index (χ3v) is 4.22. The number of methoxy groups -OCH3 is 1. The Kier molecular flexibility index (Phi) is 5.18. The molecule has 2 aromatic rings. The third kappa shape index (κ3) is 4.69. The normalized spacial score (nSPS) is 11.4. The second kappa shape index (κ2) is 7.11. The highest BCUT2D eigenvalue weighted by atomic mass is 32.2. The number of carbonyl (C=O) groups is 1. The van der Waals surface area contributed by atoms with Crippen LogP contribution in [0.1, 0.15) is 5.56 Å². The largest absolute Gasteiger partial charge is 0.497 e. The highest BCUT2D eigenvalue weighted by molar-refractivity contribution is 7.90. The summed E-state index contributed by atoms with van der Waals surface area (Å²) in [6.45, 7) is 0. The van der Waals surface area contributed by atoms with Crippen LogP contribution in [0.15, 0.2) is 59.5 Å². The summed E-state index contributed by atoms with van der Waals surface area (Å²) >= 11 is 0. The van der Waals surface area contributed by atoms with Gasteiger partial charge in [-0.15, -0.1) is 0 Å². The smallest absolute Gasteiger partial charge is 0.248 e. The van der Waals surface area contributed by atoms with Crippen LogP contribution in [0.4, 0.5) is 5.69 Å². The fourth-order valence-electron chi connectivity index (χ4n) is 1.98. The summed E-state index contributed by atoms with van der Waals surface area (Å²) in [4.78, 5) is 12.1. The summed E-state index contributed by atoms with van der Waals surface area (Å²) in [5.74, 6) is 0.277. The van der Waals surface area contributed by atoms with Crippen LogP contribution in [0.3, 0.4) is 0 Å². The van der Waals surface area contributed by atoms with Crippen molar-refractivity contribution in [1.29, 1.82) is 0 Å². The summed E-state index contributed by atoms with van der Waals surface area (Å²) in [5, 5.41) is 2.58. The summed E-state index contributed by atoms with van der Waals surface area (Å²) in [5.41, 5.74) is 1.06. The van der Waals surface area contributed by atoms with E-state index in [-0.39, 0.29) is 10.6 Å². The van der Waals surface area contributed by atoms with E-state index in [4.69, 9.17) is 4.74 Å². The molecular formula is C17H17NO4S. The van der Waals surface area contributed by atoms with Crippen LogP contribution in [0.5, 0.6) is 5.75 Å². The molecule has 23 heavy (non-hydrogen) atoms. The van der Waals surface area contributed by atoms with Crippen LogP contribution in [0.2, 0.25) is 0 Å². The number of rotatable bonds is 5. The molecule has 6 heteroatoms. The molecule has 0 unspecified atom stereocenters. The molecule has 0 aliphatic rings. The number of hydrogen-bond donors (Lipinski definition) is 1. The molecule has 120 valence electrons. The maximum absolute atomic E-state index is 12.0. The Morgan fingerprint density at radius 2 is 1.87 bits per heavy atom. The molecule has 0 atom stereocenters. The van der Waals surface area contributed by atoms with Crippen molar-refractivity contribution in [3.05, 3.63) is 60.2 Å². The van der Waals surface area contributed by atoms with Gasteiger partial charge >= 0.3 is 0 Å². The van der Waals surface area contributed by atoms with Crippen molar-refractivity contribution < 1.29 is 17.9 Å². The van der Waals surface area contributed by atoms with Gasteiger partial charge < -0.3 is 10.1 Å². The monoisotopic (exact) mass is 331 g/mol. The molecule has 0 aromatic heterocycles. The third-order valence-electron chi connectivity index (χ3n) is 3.07. The molecule has 5 nitrogen and oxygen atoms in total. The van der Waals surface area contributed by atoms with Crippen LogP contribution in [-0.2, 0) is 14.6 Å². The molecule has 0 fully saturated rings. The molecule has 0 aliphatic heterocycles. The van der Waals surface area contributed by atoms with E-state index < -0.39 is 15.7 Å². The predicted octanol–water partition coefficient (Wildman–Crippen LogP) is 2.75. The number of hydrogen-bond acceptors (Lipinski definition) is 4. The number of sulfone groups is 1. The standard InChI is InChI=1S/C17H17NO4S/c1-22-14-7-5-6-13(12-14)10-11-17(19)18-15-8-3-4-9-16(15)23(2,20)21/h3-12H,1-2H3,(H,18,19)/b11-10+. The van der Waals surface area contributed by atoms with Gasteiger partial charge in [0.15, 0.2) is 9.84 Å². The SMILES string of the molecule is COc1cccc(/C=C/C(=O)Nc2ccccc2S(C)(=O)=O)c1. The molecule has 0 saturated heterocycles. The predicted molar refractivity (Wildman–Crippen MR) is 90.2 cm³/mol. The van der Waals surface area contributed by atoms with Crippen molar-refractivity contribution in [1.82, 2.24) is 0 Å². The lowest BCUT2D eigenvalue weighted by molar-refractivity contribution is -0.111. The number of para-hydroxylation sites is 1. The van der Waals surface area contributed by atoms with Gasteiger partial charge in [-0.2, -0.15) is 0 Å². The highest BCUT2D eigenvalue weighted by Crippen LogP contribution is 2.20. The number of amides is 1. The minimum Gasteiger partial charge on any atom is -0.497 e. The van der Waals surface area contributed by atoms with Gasteiger partial charge in [0.2, 0.25) is 5.91 Å². The molecule has 1 N–H and O–H groups in total. The van der Waals surface area contributed by atoms with E-state index in [1.165, 1.54) is 12.1 Å². The second-order valence-electron chi connectivity index (χ2n) is 4.87. The number of ether oxygens (including phenoxy) is 1. The molecule has 0 radical (unpaired) electrons. The molecule has 0 aliphatic carbocycles. The lowest BCUT2D eigenvalue weighted by Crippen LogP contribution is -2.11. The number of benzene rings is 2. The zero-order valence-corrected chi connectivity index (χ0v) is 13.6. The first-order chi connectivity index (χ1) is 10.9. The minimum atomic E-state index is -3.41. The Morgan fingerprint density at radius 1 is 1.13 bits per heavy atom. The Morgan fingerprint density at radius 3 is 2.57 bits per heavy atom. The first kappa shape index (κ1) is 16.8. The van der Waals surface area contributed by atoms with Gasteiger partial charge in [0, 0.05) is 12.3 Å². The second-order valence-corrected chi connectivity index (χ2v) is 6.85. The van der Waals surface area contributed by atoms with Gasteiger partial charge in [0.1, 0.15) is 5.75 Å². The van der Waals surface area contributed by atoms with Gasteiger partial charge in [-0.05, 0) is 35.9 Å². The number of carbonyl (C=O) groups excluding carboxylic acids is 1. The molecule has 2 rings (SSSR count). The zero-order chi connectivity index (χ0) is 16.9. The van der Waals surface area contributed by atoms with E-state index in [1.807, 2.05) is 12.1 Å². The Balaban J connectivity index is 2.16. The minimum absolute atomic E-state index is 0.0862. The molecule has 0 spiro atoms. The van der Waals surface area contributed by atoms with E-state index >= 15 is 0 Å². The topological polar surface area (TPSA) is 72.5 Å². The van der Waals surface area contributed by atoms with Crippen LogP contribution < -0.4 is 10.1 Å². The lowest BCUT2D eigenvalue weighted by Gasteiger charge is -2.07. The molecule has 0 heterocycles. The average molecular weight is 331 g/mol. The number of nitrogens with one attached hydrogen (secondary N) is 1. The van der Waals surface area contributed by atoms with Gasteiger partial charge in [-0.25, -0.2) is 8.42 Å². The lowest BCUT2D eigenvalue weighted by atomic mass is 10.2. The fourth-order valence-corrected chi connectivity index (χ4v) is 2.83. The highest BCUT2D eigenvalue weighted by Gasteiger charge is 2.13. The van der Waals surface area contributed by atoms with Gasteiger partial charge in [0.25, 0.3) is 0 Å². The van der Waals surface area contributed by atoms with Crippen molar-refractivity contribution in [2.45, 2.75) is 4.90 Å². The first-order valence-electron chi connectivity index (χ1n) is 6.82. The molecule has 1 amide bonds. The van der Waals surface area contributed by atoms with E-state index in [0.29, 0.717) is 5.75 Å². The summed E-state index contributed by atoms with van der Waals surface area (Å²) in [6, 6.07) is 13.5.